The molecule has 5 nitrogen and oxygen atoms in total. The maximum absolute atomic E-state index is 5.86. The van der Waals surface area contributed by atoms with E-state index in [-0.39, 0.29) is 0 Å². The van der Waals surface area contributed by atoms with Crippen LogP contribution < -0.4 is 4.74 Å². The van der Waals surface area contributed by atoms with E-state index < -0.39 is 0 Å². The minimum absolute atomic E-state index is 0.454. The summed E-state index contributed by atoms with van der Waals surface area (Å²) in [6.45, 7) is 2.40. The van der Waals surface area contributed by atoms with Gasteiger partial charge >= 0.3 is 0 Å². The van der Waals surface area contributed by atoms with Crippen LogP contribution in [0.25, 0.3) is 21.9 Å². The Morgan fingerprint density at radius 1 is 1.08 bits per heavy atom. The van der Waals surface area contributed by atoms with Gasteiger partial charge < -0.3 is 4.74 Å². The fraction of sp³-hybridized carbons (Fsp3) is 0.250. The van der Waals surface area contributed by atoms with Crippen molar-refractivity contribution in [3.63, 3.8) is 0 Å². The molecule has 1 fully saturated rings. The van der Waals surface area contributed by atoms with E-state index in [1.54, 1.807) is 11.3 Å². The van der Waals surface area contributed by atoms with Crippen LogP contribution >= 0.6 is 11.3 Å². The maximum Gasteiger partial charge on any atom is 0.155 e. The van der Waals surface area contributed by atoms with E-state index in [1.165, 1.54) is 29.4 Å². The SMILES string of the molecule is Cc1nnc(COc2ccc3cc(-c4cnn(C5CC5)c4)ccc3c2)s1. The summed E-state index contributed by atoms with van der Waals surface area (Å²) >= 11 is 1.56. The Morgan fingerprint density at radius 3 is 2.73 bits per heavy atom. The Labute approximate surface area is 155 Å². The zero-order chi connectivity index (χ0) is 17.5. The van der Waals surface area contributed by atoms with Crippen molar-refractivity contribution in [3.8, 4) is 16.9 Å². The van der Waals surface area contributed by atoms with Crippen LogP contribution in [0.4, 0.5) is 0 Å². The first-order chi connectivity index (χ1) is 12.7. The lowest BCUT2D eigenvalue weighted by Gasteiger charge is -2.07. The predicted molar refractivity (Wildman–Crippen MR) is 102 cm³/mol. The zero-order valence-corrected chi connectivity index (χ0v) is 15.2. The molecule has 0 amide bonds. The molecule has 5 rings (SSSR count). The minimum atomic E-state index is 0.454. The predicted octanol–water partition coefficient (Wildman–Crippen LogP) is 4.78. The number of nitrogens with zero attached hydrogens (tertiary/aromatic N) is 4. The van der Waals surface area contributed by atoms with Crippen molar-refractivity contribution in [2.24, 2.45) is 0 Å². The highest BCUT2D eigenvalue weighted by Gasteiger charge is 2.24. The van der Waals surface area contributed by atoms with Crippen molar-refractivity contribution in [2.75, 3.05) is 0 Å². The number of fused-ring (bicyclic) bond motifs is 1. The van der Waals surface area contributed by atoms with Gasteiger partial charge in [0.25, 0.3) is 0 Å². The molecule has 2 heterocycles. The van der Waals surface area contributed by atoms with Crippen molar-refractivity contribution in [1.82, 2.24) is 20.0 Å². The quantitative estimate of drug-likeness (QED) is 0.513. The summed E-state index contributed by atoms with van der Waals surface area (Å²) < 4.78 is 7.95. The third kappa shape index (κ3) is 3.08. The summed E-state index contributed by atoms with van der Waals surface area (Å²) in [5.41, 5.74) is 2.37. The van der Waals surface area contributed by atoms with E-state index in [1.807, 2.05) is 19.2 Å². The third-order valence-electron chi connectivity index (χ3n) is 4.60. The lowest BCUT2D eigenvalue weighted by atomic mass is 10.0. The molecule has 6 heteroatoms. The Kier molecular flexibility index (Phi) is 3.71. The summed E-state index contributed by atoms with van der Waals surface area (Å²) in [5, 5.41) is 16.8. The number of aromatic nitrogens is 4. The first kappa shape index (κ1) is 15.5. The second-order valence-electron chi connectivity index (χ2n) is 6.67. The third-order valence-corrected chi connectivity index (χ3v) is 5.41. The lowest BCUT2D eigenvalue weighted by molar-refractivity contribution is 0.305. The van der Waals surface area contributed by atoms with E-state index in [9.17, 15) is 0 Å². The minimum Gasteiger partial charge on any atom is -0.486 e. The van der Waals surface area contributed by atoms with Crippen molar-refractivity contribution in [1.29, 1.82) is 0 Å². The van der Waals surface area contributed by atoms with E-state index in [0.29, 0.717) is 12.6 Å². The van der Waals surface area contributed by atoms with Gasteiger partial charge in [-0.3, -0.25) is 4.68 Å². The van der Waals surface area contributed by atoms with Gasteiger partial charge in [0.2, 0.25) is 0 Å². The van der Waals surface area contributed by atoms with Gasteiger partial charge in [-0.25, -0.2) is 0 Å². The number of ether oxygens (including phenoxy) is 1. The van der Waals surface area contributed by atoms with Crippen molar-refractivity contribution < 1.29 is 4.74 Å². The molecule has 0 spiro atoms. The number of rotatable bonds is 5. The van der Waals surface area contributed by atoms with Gasteiger partial charge in [-0.05, 0) is 54.3 Å². The smallest absolute Gasteiger partial charge is 0.155 e. The average Bonchev–Trinajstić information content (AvgIpc) is 3.24. The molecular weight excluding hydrogens is 344 g/mol. The Balaban J connectivity index is 1.37. The Bertz CT molecular complexity index is 1080. The molecule has 0 radical (unpaired) electrons. The fourth-order valence-corrected chi connectivity index (χ4v) is 3.68. The molecule has 0 N–H and O–H groups in total. The zero-order valence-electron chi connectivity index (χ0n) is 14.4. The second kappa shape index (κ2) is 6.21. The number of benzene rings is 2. The van der Waals surface area contributed by atoms with Crippen LogP contribution in [-0.4, -0.2) is 20.0 Å². The van der Waals surface area contributed by atoms with Gasteiger partial charge in [0.05, 0.1) is 12.2 Å². The first-order valence-corrected chi connectivity index (χ1v) is 9.56. The lowest BCUT2D eigenvalue weighted by Crippen LogP contribution is -1.94. The summed E-state index contributed by atoms with van der Waals surface area (Å²) in [7, 11) is 0. The van der Waals surface area contributed by atoms with E-state index in [0.717, 1.165) is 21.2 Å². The van der Waals surface area contributed by atoms with Crippen LogP contribution in [0.15, 0.2) is 48.8 Å². The van der Waals surface area contributed by atoms with Crippen LogP contribution in [0.1, 0.15) is 28.9 Å². The molecule has 0 atom stereocenters. The topological polar surface area (TPSA) is 52.8 Å². The Hall–Kier alpha value is -2.73. The van der Waals surface area contributed by atoms with Crippen LogP contribution in [-0.2, 0) is 6.61 Å². The van der Waals surface area contributed by atoms with Crippen LogP contribution in [0, 0.1) is 6.92 Å². The van der Waals surface area contributed by atoms with Crippen molar-refractivity contribution in [3.05, 3.63) is 58.8 Å². The summed E-state index contributed by atoms with van der Waals surface area (Å²) in [6, 6.07) is 13.3. The van der Waals surface area contributed by atoms with Gasteiger partial charge in [-0.2, -0.15) is 5.10 Å². The van der Waals surface area contributed by atoms with Crippen molar-refractivity contribution >= 4 is 22.1 Å². The average molecular weight is 362 g/mol. The first-order valence-electron chi connectivity index (χ1n) is 8.75. The van der Waals surface area contributed by atoms with Crippen LogP contribution in [0.3, 0.4) is 0 Å². The maximum atomic E-state index is 5.86. The van der Waals surface area contributed by atoms with Gasteiger partial charge in [0.15, 0.2) is 5.01 Å². The van der Waals surface area contributed by atoms with E-state index in [2.05, 4.69) is 56.5 Å². The van der Waals surface area contributed by atoms with Crippen LogP contribution in [0.2, 0.25) is 0 Å². The molecule has 130 valence electrons. The largest absolute Gasteiger partial charge is 0.486 e. The molecule has 0 bridgehead atoms. The van der Waals surface area contributed by atoms with Gasteiger partial charge in [0, 0.05) is 11.8 Å². The number of hydrogen-bond acceptors (Lipinski definition) is 5. The van der Waals surface area contributed by atoms with Gasteiger partial charge in [-0.15, -0.1) is 10.2 Å². The Morgan fingerprint density at radius 2 is 1.92 bits per heavy atom. The molecule has 0 unspecified atom stereocenters. The summed E-state index contributed by atoms with van der Waals surface area (Å²) in [6.07, 6.45) is 6.61. The normalized spacial score (nSPS) is 14.0. The van der Waals surface area contributed by atoms with Crippen LogP contribution in [0.5, 0.6) is 5.75 Å². The highest BCUT2D eigenvalue weighted by atomic mass is 32.1. The molecular formula is C20H18N4OS. The molecule has 26 heavy (non-hydrogen) atoms. The molecule has 1 saturated carbocycles. The molecule has 1 aliphatic carbocycles. The van der Waals surface area contributed by atoms with Gasteiger partial charge in [0.1, 0.15) is 17.4 Å². The monoisotopic (exact) mass is 362 g/mol. The highest BCUT2D eigenvalue weighted by Crippen LogP contribution is 2.35. The summed E-state index contributed by atoms with van der Waals surface area (Å²) in [5.74, 6) is 0.847. The molecule has 0 saturated heterocycles. The molecule has 1 aliphatic rings. The summed E-state index contributed by atoms with van der Waals surface area (Å²) in [4.78, 5) is 0. The molecule has 2 aromatic carbocycles. The number of hydrogen-bond donors (Lipinski definition) is 0. The van der Waals surface area contributed by atoms with E-state index >= 15 is 0 Å². The van der Waals surface area contributed by atoms with E-state index in [4.69, 9.17) is 4.74 Å². The van der Waals surface area contributed by atoms with Crippen molar-refractivity contribution in [2.45, 2.75) is 32.4 Å². The number of aryl methyl sites for hydroxylation is 1. The highest BCUT2D eigenvalue weighted by molar-refractivity contribution is 7.11. The molecule has 2 aromatic heterocycles. The van der Waals surface area contributed by atoms with Gasteiger partial charge in [-0.1, -0.05) is 29.5 Å². The standard InChI is InChI=1S/C20H18N4OS/c1-13-22-23-20(26-13)12-25-19-7-4-14-8-15(2-3-16(14)9-19)17-10-21-24(11-17)18-5-6-18/h2-4,7-11,18H,5-6,12H2,1H3. The second-order valence-corrected chi connectivity index (χ2v) is 7.93. The molecule has 0 aliphatic heterocycles. The fourth-order valence-electron chi connectivity index (χ4n) is 3.06. The molecule has 4 aromatic rings.